The minimum absolute atomic E-state index is 0.111. The molecule has 2 aliphatic heterocycles. The van der Waals surface area contributed by atoms with Crippen LogP contribution in [0.4, 0.5) is 10.1 Å². The van der Waals surface area contributed by atoms with E-state index in [-0.39, 0.29) is 24.1 Å². The standard InChI is InChI=1S/C24H23FN4O2S/c1-3-26-20(30)13-19-14-32-24-27-15(2)21(23(31)28-18-7-5-4-6-8-18)22(29(19)24)16-9-11-17(25)12-10-16/h4-12,14,22H,3,13H2,1-2H3,(H,26,30)(H,28,31). The van der Waals surface area contributed by atoms with Crippen molar-refractivity contribution in [1.82, 2.24) is 10.2 Å². The van der Waals surface area contributed by atoms with Crippen molar-refractivity contribution in [3.8, 4) is 0 Å². The first-order chi connectivity index (χ1) is 15.5. The van der Waals surface area contributed by atoms with Gasteiger partial charge in [0.25, 0.3) is 5.91 Å². The molecule has 2 aromatic carbocycles. The van der Waals surface area contributed by atoms with Gasteiger partial charge >= 0.3 is 0 Å². The van der Waals surface area contributed by atoms with E-state index in [0.29, 0.717) is 28.7 Å². The molecule has 32 heavy (non-hydrogen) atoms. The summed E-state index contributed by atoms with van der Waals surface area (Å²) in [6, 6.07) is 14.7. The molecule has 0 bridgehead atoms. The van der Waals surface area contributed by atoms with Gasteiger partial charge in [0.15, 0.2) is 5.17 Å². The molecule has 8 heteroatoms. The highest BCUT2D eigenvalue weighted by molar-refractivity contribution is 8.16. The Morgan fingerprint density at radius 3 is 2.53 bits per heavy atom. The average molecular weight is 451 g/mol. The van der Waals surface area contributed by atoms with Crippen LogP contribution in [0.3, 0.4) is 0 Å². The van der Waals surface area contributed by atoms with Crippen molar-refractivity contribution < 1.29 is 14.0 Å². The van der Waals surface area contributed by atoms with E-state index in [1.165, 1.54) is 23.9 Å². The lowest BCUT2D eigenvalue weighted by molar-refractivity contribution is -0.120. The van der Waals surface area contributed by atoms with Gasteiger partial charge in [-0.1, -0.05) is 42.1 Å². The van der Waals surface area contributed by atoms with E-state index >= 15 is 0 Å². The number of fused-ring (bicyclic) bond motifs is 1. The van der Waals surface area contributed by atoms with Crippen molar-refractivity contribution in [2.45, 2.75) is 26.3 Å². The first-order valence-electron chi connectivity index (χ1n) is 10.3. The number of hydrogen-bond acceptors (Lipinski definition) is 5. The Kier molecular flexibility index (Phi) is 6.41. The lowest BCUT2D eigenvalue weighted by atomic mass is 9.93. The summed E-state index contributed by atoms with van der Waals surface area (Å²) in [5, 5.41) is 8.32. The number of para-hydroxylation sites is 1. The second-order valence-corrected chi connectivity index (χ2v) is 8.23. The number of anilines is 1. The Morgan fingerprint density at radius 2 is 1.84 bits per heavy atom. The predicted molar refractivity (Wildman–Crippen MR) is 125 cm³/mol. The van der Waals surface area contributed by atoms with E-state index in [1.807, 2.05) is 47.6 Å². The van der Waals surface area contributed by atoms with Gasteiger partial charge in [-0.2, -0.15) is 0 Å². The molecule has 2 aliphatic rings. The molecule has 0 saturated carbocycles. The fourth-order valence-corrected chi connectivity index (χ4v) is 4.73. The molecule has 1 atom stereocenters. The molecule has 4 rings (SSSR count). The van der Waals surface area contributed by atoms with Crippen molar-refractivity contribution in [2.75, 3.05) is 11.9 Å². The number of benzene rings is 2. The minimum Gasteiger partial charge on any atom is -0.356 e. The van der Waals surface area contributed by atoms with Gasteiger partial charge < -0.3 is 15.5 Å². The van der Waals surface area contributed by atoms with E-state index in [2.05, 4.69) is 15.6 Å². The van der Waals surface area contributed by atoms with E-state index in [0.717, 1.165) is 11.3 Å². The van der Waals surface area contributed by atoms with Gasteiger partial charge in [-0.3, -0.25) is 9.59 Å². The number of carbonyl (C=O) groups is 2. The molecule has 0 saturated heterocycles. The predicted octanol–water partition coefficient (Wildman–Crippen LogP) is 4.57. The maximum atomic E-state index is 13.7. The molecular weight excluding hydrogens is 427 g/mol. The summed E-state index contributed by atoms with van der Waals surface area (Å²) in [6.45, 7) is 4.19. The smallest absolute Gasteiger partial charge is 0.255 e. The monoisotopic (exact) mass is 450 g/mol. The summed E-state index contributed by atoms with van der Waals surface area (Å²) in [7, 11) is 0. The van der Waals surface area contributed by atoms with Crippen LogP contribution in [0.1, 0.15) is 31.9 Å². The van der Waals surface area contributed by atoms with Crippen molar-refractivity contribution >= 4 is 34.4 Å². The Hall–Kier alpha value is -3.39. The van der Waals surface area contributed by atoms with Crippen LogP contribution < -0.4 is 10.6 Å². The number of aliphatic imine (C=N–C) groups is 1. The number of halogens is 1. The van der Waals surface area contributed by atoms with Gasteiger partial charge in [0.2, 0.25) is 5.91 Å². The van der Waals surface area contributed by atoms with Crippen molar-refractivity contribution in [1.29, 1.82) is 0 Å². The van der Waals surface area contributed by atoms with E-state index in [1.54, 1.807) is 19.1 Å². The summed E-state index contributed by atoms with van der Waals surface area (Å²) in [6.07, 6.45) is 0.157. The fraction of sp³-hybridized carbons (Fsp3) is 0.208. The van der Waals surface area contributed by atoms with Crippen LogP contribution in [0.15, 0.2) is 82.0 Å². The number of nitrogens with one attached hydrogen (secondary N) is 2. The number of amides is 2. The first kappa shape index (κ1) is 21.8. The molecule has 1 unspecified atom stereocenters. The van der Waals surface area contributed by atoms with E-state index in [4.69, 9.17) is 0 Å². The second-order valence-electron chi connectivity index (χ2n) is 7.40. The lowest BCUT2D eigenvalue weighted by Crippen LogP contribution is -2.38. The molecule has 2 amide bonds. The van der Waals surface area contributed by atoms with Crippen LogP contribution in [-0.4, -0.2) is 28.4 Å². The summed E-state index contributed by atoms with van der Waals surface area (Å²) in [5.74, 6) is -0.761. The molecule has 164 valence electrons. The third-order valence-electron chi connectivity index (χ3n) is 5.18. The second kappa shape index (κ2) is 9.40. The molecule has 0 radical (unpaired) electrons. The molecule has 0 aromatic heterocycles. The van der Waals surface area contributed by atoms with Crippen LogP contribution in [0.25, 0.3) is 0 Å². The van der Waals surface area contributed by atoms with Gasteiger partial charge in [0.1, 0.15) is 5.82 Å². The average Bonchev–Trinajstić information content (AvgIpc) is 3.16. The molecule has 6 nitrogen and oxygen atoms in total. The van der Waals surface area contributed by atoms with Gasteiger partial charge in [0, 0.05) is 17.9 Å². The van der Waals surface area contributed by atoms with E-state index in [9.17, 15) is 14.0 Å². The molecule has 2 heterocycles. The summed E-state index contributed by atoms with van der Waals surface area (Å²) in [5.41, 5.74) is 3.18. The Labute approximate surface area is 190 Å². The van der Waals surface area contributed by atoms with E-state index < -0.39 is 6.04 Å². The van der Waals surface area contributed by atoms with Gasteiger partial charge in [-0.05, 0) is 49.1 Å². The number of rotatable bonds is 6. The molecule has 0 fully saturated rings. The van der Waals surface area contributed by atoms with Crippen LogP contribution in [0.5, 0.6) is 0 Å². The van der Waals surface area contributed by atoms with Gasteiger partial charge in [-0.15, -0.1) is 0 Å². The Morgan fingerprint density at radius 1 is 1.12 bits per heavy atom. The number of allylic oxidation sites excluding steroid dienone is 1. The highest BCUT2D eigenvalue weighted by Gasteiger charge is 2.40. The molecule has 2 N–H and O–H groups in total. The lowest BCUT2D eigenvalue weighted by Gasteiger charge is -2.36. The topological polar surface area (TPSA) is 73.8 Å². The normalized spacial score (nSPS) is 17.5. The zero-order chi connectivity index (χ0) is 22.7. The number of nitrogens with zero attached hydrogens (tertiary/aromatic N) is 2. The quantitative estimate of drug-likeness (QED) is 0.676. The molecule has 0 aliphatic carbocycles. The Balaban J connectivity index is 1.74. The highest BCUT2D eigenvalue weighted by Crippen LogP contribution is 2.44. The molecule has 0 spiro atoms. The number of carbonyl (C=O) groups excluding carboxylic acids is 2. The van der Waals surface area contributed by atoms with Crippen LogP contribution in [0.2, 0.25) is 0 Å². The van der Waals surface area contributed by atoms with Gasteiger partial charge in [-0.25, -0.2) is 9.38 Å². The zero-order valence-corrected chi connectivity index (χ0v) is 18.6. The zero-order valence-electron chi connectivity index (χ0n) is 17.8. The van der Waals surface area contributed by atoms with Crippen LogP contribution in [0, 0.1) is 5.82 Å². The van der Waals surface area contributed by atoms with Crippen LogP contribution >= 0.6 is 11.8 Å². The van der Waals surface area contributed by atoms with Gasteiger partial charge in [0.05, 0.1) is 23.7 Å². The van der Waals surface area contributed by atoms with Crippen molar-refractivity contribution in [3.05, 3.63) is 88.4 Å². The maximum absolute atomic E-state index is 13.7. The summed E-state index contributed by atoms with van der Waals surface area (Å²) < 4.78 is 13.7. The summed E-state index contributed by atoms with van der Waals surface area (Å²) >= 11 is 1.41. The van der Waals surface area contributed by atoms with Crippen LogP contribution in [-0.2, 0) is 9.59 Å². The number of thioether (sulfide) groups is 1. The minimum atomic E-state index is -0.539. The maximum Gasteiger partial charge on any atom is 0.255 e. The number of hydrogen-bond donors (Lipinski definition) is 2. The summed E-state index contributed by atoms with van der Waals surface area (Å²) in [4.78, 5) is 32.3. The largest absolute Gasteiger partial charge is 0.356 e. The highest BCUT2D eigenvalue weighted by atomic mass is 32.2. The first-order valence-corrected chi connectivity index (χ1v) is 11.2. The molecule has 2 aromatic rings. The number of amidine groups is 1. The van der Waals surface area contributed by atoms with Crippen molar-refractivity contribution in [3.63, 3.8) is 0 Å². The SMILES string of the molecule is CCNC(=O)CC1=CSC2=NC(C)=C(C(=O)Nc3ccccc3)C(c3ccc(F)cc3)N12. The third kappa shape index (κ3) is 4.45. The van der Waals surface area contributed by atoms with Crippen molar-refractivity contribution in [2.24, 2.45) is 4.99 Å². The molecular formula is C24H23FN4O2S. The Bertz CT molecular complexity index is 1130. The third-order valence-corrected chi connectivity index (χ3v) is 6.07. The fourth-order valence-electron chi connectivity index (χ4n) is 3.76.